The molecule has 0 fully saturated rings. The third-order valence-electron chi connectivity index (χ3n) is 6.88. The molecule has 0 radical (unpaired) electrons. The number of carbonyl (C=O) groups is 1. The molecule has 0 spiro atoms. The first-order valence-corrected chi connectivity index (χ1v) is 14.0. The van der Waals surface area contributed by atoms with Crippen molar-refractivity contribution in [1.29, 1.82) is 0 Å². The molecule has 2 heterocycles. The van der Waals surface area contributed by atoms with Crippen LogP contribution in [0.2, 0.25) is 0 Å². The van der Waals surface area contributed by atoms with Gasteiger partial charge in [-0.25, -0.2) is 9.79 Å². The lowest BCUT2D eigenvalue weighted by Crippen LogP contribution is -2.40. The fourth-order valence-corrected chi connectivity index (χ4v) is 5.92. The fourth-order valence-electron chi connectivity index (χ4n) is 4.88. The normalized spacial score (nSPS) is 14.9. The number of esters is 1. The Bertz CT molecular complexity index is 1620. The van der Waals surface area contributed by atoms with E-state index in [1.807, 2.05) is 18.2 Å². The van der Waals surface area contributed by atoms with Gasteiger partial charge in [-0.05, 0) is 64.1 Å². The fraction of sp³-hybridized carbons (Fsp3) is 0.367. The number of hydrogen-bond donors (Lipinski definition) is 0. The van der Waals surface area contributed by atoms with Gasteiger partial charge in [-0.15, -0.1) is 0 Å². The third kappa shape index (κ3) is 5.36. The number of allylic oxidation sites excluding steroid dienone is 1. The van der Waals surface area contributed by atoms with Gasteiger partial charge in [0.2, 0.25) is 0 Å². The van der Waals surface area contributed by atoms with Crippen LogP contribution in [0.25, 0.3) is 6.08 Å². The van der Waals surface area contributed by atoms with Crippen molar-refractivity contribution in [2.24, 2.45) is 4.99 Å². The van der Waals surface area contributed by atoms with Gasteiger partial charge in [-0.3, -0.25) is 9.36 Å². The summed E-state index contributed by atoms with van der Waals surface area (Å²) < 4.78 is 24.2. The Balaban J connectivity index is 1.96. The van der Waals surface area contributed by atoms with E-state index < -0.39 is 12.0 Å². The van der Waals surface area contributed by atoms with Crippen molar-refractivity contribution >= 4 is 29.1 Å². The minimum atomic E-state index is -0.825. The first kappa shape index (κ1) is 28.9. The Morgan fingerprint density at radius 1 is 1.02 bits per heavy atom. The zero-order valence-electron chi connectivity index (χ0n) is 23.9. The lowest BCUT2D eigenvalue weighted by molar-refractivity contribution is -0.139. The maximum atomic E-state index is 14.0. The number of hydrogen-bond acceptors (Lipinski definition) is 9. The Hall–Kier alpha value is -4.05. The van der Waals surface area contributed by atoms with Crippen LogP contribution in [-0.4, -0.2) is 51.6 Å². The number of benzene rings is 2. The highest BCUT2D eigenvalue weighted by atomic mass is 32.1. The molecule has 0 amide bonds. The monoisotopic (exact) mass is 565 g/mol. The van der Waals surface area contributed by atoms with Crippen LogP contribution in [0.5, 0.6) is 17.2 Å². The molecule has 0 N–H and O–H groups in total. The van der Waals surface area contributed by atoms with E-state index in [0.717, 1.165) is 24.3 Å². The van der Waals surface area contributed by atoms with Gasteiger partial charge in [-0.2, -0.15) is 0 Å². The molecule has 40 heavy (non-hydrogen) atoms. The summed E-state index contributed by atoms with van der Waals surface area (Å²) in [4.78, 5) is 34.6. The van der Waals surface area contributed by atoms with Crippen LogP contribution in [0.3, 0.4) is 0 Å². The zero-order chi connectivity index (χ0) is 29.0. The van der Waals surface area contributed by atoms with Crippen LogP contribution < -0.4 is 34.0 Å². The molecule has 0 unspecified atom stereocenters. The van der Waals surface area contributed by atoms with Gasteiger partial charge in [0.1, 0.15) is 23.3 Å². The minimum Gasteiger partial charge on any atom is -0.497 e. The quantitative estimate of drug-likeness (QED) is 0.347. The topological polar surface area (TPSA) is 91.6 Å². The number of nitrogens with zero attached hydrogens (tertiary/aromatic N) is 3. The lowest BCUT2D eigenvalue weighted by Gasteiger charge is -2.26. The van der Waals surface area contributed by atoms with E-state index in [0.29, 0.717) is 37.8 Å². The maximum absolute atomic E-state index is 14.0. The van der Waals surface area contributed by atoms with Crippen molar-refractivity contribution in [3.63, 3.8) is 0 Å². The molecule has 0 aliphatic carbocycles. The van der Waals surface area contributed by atoms with E-state index in [-0.39, 0.29) is 17.7 Å². The molecule has 0 saturated carbocycles. The Labute approximate surface area is 237 Å². The summed E-state index contributed by atoms with van der Waals surface area (Å²) in [5.41, 5.74) is 2.85. The van der Waals surface area contributed by atoms with Crippen molar-refractivity contribution < 1.29 is 23.7 Å². The van der Waals surface area contributed by atoms with Gasteiger partial charge >= 0.3 is 5.97 Å². The molecule has 2 aromatic carbocycles. The van der Waals surface area contributed by atoms with E-state index in [1.54, 1.807) is 59.5 Å². The second-order valence-electron chi connectivity index (χ2n) is 9.01. The van der Waals surface area contributed by atoms with E-state index in [1.165, 1.54) is 15.9 Å². The van der Waals surface area contributed by atoms with Gasteiger partial charge in [0.25, 0.3) is 5.56 Å². The molecule has 1 aromatic heterocycles. The van der Waals surface area contributed by atoms with Gasteiger partial charge in [-0.1, -0.05) is 11.3 Å². The molecule has 1 aliphatic heterocycles. The van der Waals surface area contributed by atoms with Crippen LogP contribution >= 0.6 is 11.3 Å². The number of ether oxygens (including phenoxy) is 4. The van der Waals surface area contributed by atoms with Crippen molar-refractivity contribution in [1.82, 2.24) is 4.57 Å². The molecule has 212 valence electrons. The van der Waals surface area contributed by atoms with Crippen molar-refractivity contribution in [2.45, 2.75) is 33.7 Å². The molecule has 1 aliphatic rings. The molecule has 0 bridgehead atoms. The average Bonchev–Trinajstić information content (AvgIpc) is 3.27. The molecule has 9 nitrogen and oxygen atoms in total. The van der Waals surface area contributed by atoms with Gasteiger partial charge < -0.3 is 23.8 Å². The average molecular weight is 566 g/mol. The molecule has 4 rings (SSSR count). The largest absolute Gasteiger partial charge is 0.497 e. The number of rotatable bonds is 10. The second kappa shape index (κ2) is 12.4. The van der Waals surface area contributed by atoms with Crippen LogP contribution in [0, 0.1) is 0 Å². The maximum Gasteiger partial charge on any atom is 0.338 e. The van der Waals surface area contributed by atoms with Gasteiger partial charge in [0.15, 0.2) is 4.80 Å². The van der Waals surface area contributed by atoms with Gasteiger partial charge in [0, 0.05) is 36.0 Å². The van der Waals surface area contributed by atoms with Crippen LogP contribution in [0.1, 0.15) is 44.9 Å². The number of aromatic nitrogens is 1. The summed E-state index contributed by atoms with van der Waals surface area (Å²) in [7, 11) is 4.72. The first-order chi connectivity index (χ1) is 19.3. The summed E-state index contributed by atoms with van der Waals surface area (Å²) in [5.74, 6) is 1.19. The first-order valence-electron chi connectivity index (χ1n) is 13.2. The lowest BCUT2D eigenvalue weighted by atomic mass is 9.94. The molecule has 10 heteroatoms. The number of anilines is 1. The molecule has 3 aromatic rings. The van der Waals surface area contributed by atoms with E-state index in [4.69, 9.17) is 18.9 Å². The van der Waals surface area contributed by atoms with Crippen molar-refractivity contribution in [3.8, 4) is 17.2 Å². The van der Waals surface area contributed by atoms with Gasteiger partial charge in [0.05, 0.1) is 43.7 Å². The van der Waals surface area contributed by atoms with Crippen LogP contribution in [-0.2, 0) is 9.53 Å². The van der Waals surface area contributed by atoms with E-state index in [9.17, 15) is 9.59 Å². The minimum absolute atomic E-state index is 0.186. The van der Waals surface area contributed by atoms with E-state index >= 15 is 0 Å². The third-order valence-corrected chi connectivity index (χ3v) is 7.86. The summed E-state index contributed by atoms with van der Waals surface area (Å²) in [6, 6.07) is 10.4. The number of fused-ring (bicyclic) bond motifs is 1. The molecule has 1 atom stereocenters. The highest BCUT2D eigenvalue weighted by Crippen LogP contribution is 2.38. The summed E-state index contributed by atoms with van der Waals surface area (Å²) in [5, 5.41) is 0. The number of methoxy groups -OCH3 is 3. The second-order valence-corrected chi connectivity index (χ2v) is 10.0. The standard InChI is InChI=1S/C30H35N3O6S/c1-8-32(9-2)20-12-11-19(24(16-20)38-7)15-25-28(34)33-27(22-17-21(36-5)13-14-23(22)37-6)26(29(35)39-10-3)18(4)31-30(33)40-25/h11-17,27H,8-10H2,1-7H3/b25-15-/t27-/m1/s1. The Kier molecular flexibility index (Phi) is 8.99. The molecular formula is C30H35N3O6S. The van der Waals surface area contributed by atoms with Crippen LogP contribution in [0.4, 0.5) is 5.69 Å². The summed E-state index contributed by atoms with van der Waals surface area (Å²) in [6.45, 7) is 9.61. The molecule has 0 saturated heterocycles. The highest BCUT2D eigenvalue weighted by Gasteiger charge is 2.35. The number of carbonyl (C=O) groups excluding carboxylic acids is 1. The summed E-state index contributed by atoms with van der Waals surface area (Å²) >= 11 is 1.25. The SMILES string of the molecule is CCOC(=O)C1=C(C)N=c2s/c(=C\c3ccc(N(CC)CC)cc3OC)c(=O)n2[C@@H]1c1cc(OC)ccc1OC. The highest BCUT2D eigenvalue weighted by molar-refractivity contribution is 7.07. The van der Waals surface area contributed by atoms with Crippen LogP contribution in [0.15, 0.2) is 57.5 Å². The Morgan fingerprint density at radius 3 is 2.38 bits per heavy atom. The predicted molar refractivity (Wildman–Crippen MR) is 156 cm³/mol. The zero-order valence-corrected chi connectivity index (χ0v) is 24.8. The number of thiazole rings is 1. The van der Waals surface area contributed by atoms with Crippen molar-refractivity contribution in [3.05, 3.63) is 78.5 Å². The molecular weight excluding hydrogens is 530 g/mol. The Morgan fingerprint density at radius 2 is 1.75 bits per heavy atom. The van der Waals surface area contributed by atoms with Crippen molar-refractivity contribution in [2.75, 3.05) is 45.9 Å². The summed E-state index contributed by atoms with van der Waals surface area (Å²) in [6.07, 6.45) is 1.80. The smallest absolute Gasteiger partial charge is 0.338 e. The predicted octanol–water partition coefficient (Wildman–Crippen LogP) is 3.67. The van der Waals surface area contributed by atoms with E-state index in [2.05, 4.69) is 23.7 Å².